The fourth-order valence-corrected chi connectivity index (χ4v) is 4.58. The highest BCUT2D eigenvalue weighted by molar-refractivity contribution is 5.09. The van der Waals surface area contributed by atoms with Gasteiger partial charge in [0.15, 0.2) is 0 Å². The van der Waals surface area contributed by atoms with Gasteiger partial charge in [-0.05, 0) is 63.2 Å². The first-order chi connectivity index (χ1) is 11.3. The molecule has 0 bridgehead atoms. The van der Waals surface area contributed by atoms with Crippen LogP contribution in [0.5, 0.6) is 0 Å². The fraction of sp³-hybridized carbons (Fsp3) is 0.913. The lowest BCUT2D eigenvalue weighted by Crippen LogP contribution is -2.15. The molecule has 0 heteroatoms. The molecule has 0 unspecified atom stereocenters. The van der Waals surface area contributed by atoms with Gasteiger partial charge in [-0.25, -0.2) is 0 Å². The molecule has 0 aromatic heterocycles. The summed E-state index contributed by atoms with van der Waals surface area (Å²) < 4.78 is 0. The molecule has 132 valence electrons. The van der Waals surface area contributed by atoms with E-state index >= 15 is 0 Å². The highest BCUT2D eigenvalue weighted by Crippen LogP contribution is 2.33. The SMILES string of the molecule is CCCCCCC[C@H]1CC[C@H](C#C[C@H]2CC[C@H](CC)CC2)CC1. The Labute approximate surface area is 146 Å². The number of unbranched alkanes of at least 4 members (excludes halogenated alkanes) is 4. The molecule has 2 fully saturated rings. The average molecular weight is 317 g/mol. The van der Waals surface area contributed by atoms with Crippen molar-refractivity contribution in [1.29, 1.82) is 0 Å². The van der Waals surface area contributed by atoms with E-state index in [2.05, 4.69) is 25.7 Å². The summed E-state index contributed by atoms with van der Waals surface area (Å²) in [5, 5.41) is 0. The van der Waals surface area contributed by atoms with Crippen molar-refractivity contribution in [2.24, 2.45) is 23.7 Å². The first-order valence-electron chi connectivity index (χ1n) is 10.8. The van der Waals surface area contributed by atoms with Gasteiger partial charge in [0.25, 0.3) is 0 Å². The third-order valence-corrected chi connectivity index (χ3v) is 6.48. The molecule has 0 N–H and O–H groups in total. The minimum absolute atomic E-state index is 0.731. The summed E-state index contributed by atoms with van der Waals surface area (Å²) >= 11 is 0. The minimum atomic E-state index is 0.731. The zero-order valence-electron chi connectivity index (χ0n) is 15.9. The summed E-state index contributed by atoms with van der Waals surface area (Å²) in [6.07, 6.45) is 21.4. The van der Waals surface area contributed by atoms with Crippen molar-refractivity contribution in [3.63, 3.8) is 0 Å². The number of hydrogen-bond acceptors (Lipinski definition) is 0. The third kappa shape index (κ3) is 7.32. The summed E-state index contributed by atoms with van der Waals surface area (Å²) in [6.45, 7) is 4.65. The van der Waals surface area contributed by atoms with Gasteiger partial charge in [0.2, 0.25) is 0 Å². The van der Waals surface area contributed by atoms with Gasteiger partial charge in [0, 0.05) is 11.8 Å². The molecule has 0 aromatic carbocycles. The van der Waals surface area contributed by atoms with Crippen molar-refractivity contribution in [3.8, 4) is 11.8 Å². The van der Waals surface area contributed by atoms with Crippen molar-refractivity contribution in [2.75, 3.05) is 0 Å². The van der Waals surface area contributed by atoms with Gasteiger partial charge in [0.05, 0.1) is 0 Å². The standard InChI is InChI=1S/C23H40/c1-3-5-6-7-8-9-21-14-16-23(17-15-21)19-18-22-12-10-20(4-2)11-13-22/h20-23H,3-17H2,1-2H3/t20-,21-,22-,23-. The third-order valence-electron chi connectivity index (χ3n) is 6.48. The summed E-state index contributed by atoms with van der Waals surface area (Å²) in [5.41, 5.74) is 0. The fourth-order valence-electron chi connectivity index (χ4n) is 4.58. The van der Waals surface area contributed by atoms with E-state index < -0.39 is 0 Å². The topological polar surface area (TPSA) is 0 Å². The Hall–Kier alpha value is -0.440. The van der Waals surface area contributed by atoms with E-state index in [1.54, 1.807) is 0 Å². The Bertz CT molecular complexity index is 342. The summed E-state index contributed by atoms with van der Waals surface area (Å²) in [5.74, 6) is 10.8. The zero-order valence-corrected chi connectivity index (χ0v) is 15.9. The molecular formula is C23H40. The molecule has 2 aliphatic rings. The predicted octanol–water partition coefficient (Wildman–Crippen LogP) is 7.37. The first kappa shape index (κ1) is 18.9. The molecule has 0 radical (unpaired) electrons. The summed E-state index contributed by atoms with van der Waals surface area (Å²) in [7, 11) is 0. The second-order valence-corrected chi connectivity index (χ2v) is 8.34. The molecule has 2 rings (SSSR count). The van der Waals surface area contributed by atoms with Crippen LogP contribution in [0.25, 0.3) is 0 Å². The molecule has 2 saturated carbocycles. The molecular weight excluding hydrogens is 276 g/mol. The van der Waals surface area contributed by atoms with Crippen LogP contribution < -0.4 is 0 Å². The van der Waals surface area contributed by atoms with Gasteiger partial charge in [-0.1, -0.05) is 70.6 Å². The molecule has 0 aromatic rings. The van der Waals surface area contributed by atoms with Gasteiger partial charge in [0.1, 0.15) is 0 Å². The van der Waals surface area contributed by atoms with Crippen molar-refractivity contribution < 1.29 is 0 Å². The lowest BCUT2D eigenvalue weighted by atomic mass is 9.78. The molecule has 0 saturated heterocycles. The molecule has 0 amide bonds. The van der Waals surface area contributed by atoms with E-state index in [4.69, 9.17) is 0 Å². The van der Waals surface area contributed by atoms with E-state index in [0.717, 1.165) is 23.7 Å². The van der Waals surface area contributed by atoms with Crippen LogP contribution in [0.4, 0.5) is 0 Å². The second kappa shape index (κ2) is 11.2. The van der Waals surface area contributed by atoms with Crippen LogP contribution in [0, 0.1) is 35.5 Å². The lowest BCUT2D eigenvalue weighted by molar-refractivity contribution is 0.292. The smallest absolute Gasteiger partial charge is 0.0203 e. The minimum Gasteiger partial charge on any atom is -0.0996 e. The van der Waals surface area contributed by atoms with E-state index in [1.165, 1.54) is 96.3 Å². The molecule has 2 aliphatic carbocycles. The average Bonchev–Trinajstić information content (AvgIpc) is 2.61. The maximum Gasteiger partial charge on any atom is 0.0203 e. The normalized spacial score (nSPS) is 31.4. The van der Waals surface area contributed by atoms with Crippen LogP contribution in [-0.2, 0) is 0 Å². The van der Waals surface area contributed by atoms with E-state index in [0.29, 0.717) is 0 Å². The number of rotatable bonds is 7. The van der Waals surface area contributed by atoms with Gasteiger partial charge < -0.3 is 0 Å². The van der Waals surface area contributed by atoms with E-state index in [9.17, 15) is 0 Å². The molecule has 0 nitrogen and oxygen atoms in total. The Kier molecular flexibility index (Phi) is 9.18. The lowest BCUT2D eigenvalue weighted by Gasteiger charge is -2.26. The maximum absolute atomic E-state index is 3.68. The summed E-state index contributed by atoms with van der Waals surface area (Å²) in [4.78, 5) is 0. The molecule has 23 heavy (non-hydrogen) atoms. The van der Waals surface area contributed by atoms with Crippen molar-refractivity contribution >= 4 is 0 Å². The second-order valence-electron chi connectivity index (χ2n) is 8.34. The monoisotopic (exact) mass is 316 g/mol. The highest BCUT2D eigenvalue weighted by Gasteiger charge is 2.21. The van der Waals surface area contributed by atoms with Crippen molar-refractivity contribution in [1.82, 2.24) is 0 Å². The van der Waals surface area contributed by atoms with E-state index in [-0.39, 0.29) is 0 Å². The van der Waals surface area contributed by atoms with Crippen LogP contribution >= 0.6 is 0 Å². The van der Waals surface area contributed by atoms with Crippen molar-refractivity contribution in [2.45, 2.75) is 110 Å². The molecule has 0 spiro atoms. The van der Waals surface area contributed by atoms with Gasteiger partial charge in [-0.15, -0.1) is 0 Å². The van der Waals surface area contributed by atoms with Gasteiger partial charge in [-0.2, -0.15) is 0 Å². The Morgan fingerprint density at radius 2 is 1.13 bits per heavy atom. The van der Waals surface area contributed by atoms with E-state index in [1.807, 2.05) is 0 Å². The zero-order chi connectivity index (χ0) is 16.3. The summed E-state index contributed by atoms with van der Waals surface area (Å²) in [6, 6.07) is 0. The van der Waals surface area contributed by atoms with Crippen molar-refractivity contribution in [3.05, 3.63) is 0 Å². The van der Waals surface area contributed by atoms with Crippen LogP contribution in [-0.4, -0.2) is 0 Å². The maximum atomic E-state index is 3.68. The molecule has 0 heterocycles. The van der Waals surface area contributed by atoms with Crippen LogP contribution in [0.1, 0.15) is 110 Å². The van der Waals surface area contributed by atoms with Gasteiger partial charge >= 0.3 is 0 Å². The largest absolute Gasteiger partial charge is 0.0996 e. The Morgan fingerprint density at radius 1 is 0.609 bits per heavy atom. The van der Waals surface area contributed by atoms with Gasteiger partial charge in [-0.3, -0.25) is 0 Å². The molecule has 0 aliphatic heterocycles. The predicted molar refractivity (Wildman–Crippen MR) is 102 cm³/mol. The first-order valence-corrected chi connectivity index (χ1v) is 10.8. The van der Waals surface area contributed by atoms with Crippen LogP contribution in [0.3, 0.4) is 0 Å². The highest BCUT2D eigenvalue weighted by atomic mass is 14.3. The van der Waals surface area contributed by atoms with Crippen LogP contribution in [0.2, 0.25) is 0 Å². The Morgan fingerprint density at radius 3 is 1.65 bits per heavy atom. The number of hydrogen-bond donors (Lipinski definition) is 0. The quantitative estimate of drug-likeness (QED) is 0.339. The molecule has 0 atom stereocenters. The Balaban J connectivity index is 1.57. The van der Waals surface area contributed by atoms with Crippen LogP contribution in [0.15, 0.2) is 0 Å².